The fraction of sp³-hybridized carbons (Fsp3) is 0.375. The monoisotopic (exact) mass is 432 g/mol. The molecular weight excluding hydrogens is 416 g/mol. The first kappa shape index (κ1) is 21.7. The standard InChI is InChI=1S/C16H16O10S2/c17-12(18)4-10(14(21)22)27-16(28-11(15(23)24)5-13(19)20)7-1-2-8-9(3-7)26-6-25-8/h1-3,10-11,16H,4-6H2,(H,17,18)(H,19,20)(H,21,22)(H,23,24). The van der Waals surface area contributed by atoms with Crippen LogP contribution >= 0.6 is 23.5 Å². The molecule has 0 radical (unpaired) electrons. The third-order valence-electron chi connectivity index (χ3n) is 3.52. The lowest BCUT2D eigenvalue weighted by atomic mass is 10.2. The number of ether oxygens (including phenoxy) is 2. The number of carboxylic acids is 4. The van der Waals surface area contributed by atoms with Crippen LogP contribution in [0.25, 0.3) is 0 Å². The first-order valence-corrected chi connectivity index (χ1v) is 9.65. The Morgan fingerprint density at radius 3 is 1.82 bits per heavy atom. The molecule has 0 amide bonds. The van der Waals surface area contributed by atoms with Crippen molar-refractivity contribution in [2.24, 2.45) is 0 Å². The first-order chi connectivity index (χ1) is 13.2. The van der Waals surface area contributed by atoms with E-state index in [-0.39, 0.29) is 6.79 Å². The van der Waals surface area contributed by atoms with Crippen LogP contribution in [0.1, 0.15) is 23.0 Å². The summed E-state index contributed by atoms with van der Waals surface area (Å²) in [5.74, 6) is -4.56. The lowest BCUT2D eigenvalue weighted by Crippen LogP contribution is -2.24. The minimum atomic E-state index is -1.37. The third-order valence-corrected chi connectivity index (χ3v) is 6.61. The van der Waals surface area contributed by atoms with Gasteiger partial charge in [0, 0.05) is 0 Å². The van der Waals surface area contributed by atoms with Crippen molar-refractivity contribution < 1.29 is 49.1 Å². The lowest BCUT2D eigenvalue weighted by molar-refractivity contribution is -0.143. The molecule has 0 spiro atoms. The molecule has 0 bridgehead atoms. The molecule has 28 heavy (non-hydrogen) atoms. The van der Waals surface area contributed by atoms with E-state index >= 15 is 0 Å². The molecule has 10 nitrogen and oxygen atoms in total. The maximum atomic E-state index is 11.4. The van der Waals surface area contributed by atoms with E-state index in [4.69, 9.17) is 19.7 Å². The Balaban J connectivity index is 2.33. The van der Waals surface area contributed by atoms with Crippen LogP contribution in [0.4, 0.5) is 0 Å². The molecule has 152 valence electrons. The smallest absolute Gasteiger partial charge is 0.317 e. The number of rotatable bonds is 11. The number of hydrogen-bond acceptors (Lipinski definition) is 8. The van der Waals surface area contributed by atoms with Gasteiger partial charge in [0.05, 0.1) is 17.4 Å². The maximum absolute atomic E-state index is 11.4. The van der Waals surface area contributed by atoms with Gasteiger partial charge in [-0.25, -0.2) is 0 Å². The number of carbonyl (C=O) groups is 4. The highest BCUT2D eigenvalue weighted by Gasteiger charge is 2.32. The average Bonchev–Trinajstić information content (AvgIpc) is 3.06. The fourth-order valence-electron chi connectivity index (χ4n) is 2.25. The van der Waals surface area contributed by atoms with Crippen molar-refractivity contribution in [2.45, 2.75) is 27.9 Å². The van der Waals surface area contributed by atoms with E-state index in [1.807, 2.05) is 0 Å². The van der Waals surface area contributed by atoms with Crippen LogP contribution in [0.2, 0.25) is 0 Å². The van der Waals surface area contributed by atoms with Gasteiger partial charge in [0.15, 0.2) is 11.5 Å². The number of fused-ring (bicyclic) bond motifs is 1. The van der Waals surface area contributed by atoms with Gasteiger partial charge < -0.3 is 29.9 Å². The van der Waals surface area contributed by atoms with E-state index in [1.165, 1.54) is 6.07 Å². The van der Waals surface area contributed by atoms with Crippen LogP contribution in [0.5, 0.6) is 11.5 Å². The largest absolute Gasteiger partial charge is 0.481 e. The van der Waals surface area contributed by atoms with Gasteiger partial charge in [0.2, 0.25) is 6.79 Å². The van der Waals surface area contributed by atoms with Crippen LogP contribution in [-0.4, -0.2) is 61.6 Å². The molecule has 0 saturated heterocycles. The Morgan fingerprint density at radius 2 is 1.36 bits per heavy atom. The number of aliphatic carboxylic acids is 4. The summed E-state index contributed by atoms with van der Waals surface area (Å²) < 4.78 is 9.59. The lowest BCUT2D eigenvalue weighted by Gasteiger charge is -2.23. The number of hydrogen-bond donors (Lipinski definition) is 4. The predicted molar refractivity (Wildman–Crippen MR) is 97.8 cm³/mol. The van der Waals surface area contributed by atoms with Crippen molar-refractivity contribution in [1.82, 2.24) is 0 Å². The highest BCUT2D eigenvalue weighted by atomic mass is 32.2. The van der Waals surface area contributed by atoms with E-state index < -0.39 is 51.8 Å². The van der Waals surface area contributed by atoms with Gasteiger partial charge in [0.1, 0.15) is 10.5 Å². The van der Waals surface area contributed by atoms with E-state index in [0.29, 0.717) is 17.1 Å². The Bertz CT molecular complexity index is 745. The fourth-order valence-corrected chi connectivity index (χ4v) is 5.23. The van der Waals surface area contributed by atoms with Gasteiger partial charge in [-0.3, -0.25) is 19.2 Å². The molecule has 0 aromatic heterocycles. The van der Waals surface area contributed by atoms with Crippen molar-refractivity contribution in [1.29, 1.82) is 0 Å². The van der Waals surface area contributed by atoms with Crippen molar-refractivity contribution in [3.8, 4) is 11.5 Å². The summed E-state index contributed by atoms with van der Waals surface area (Å²) in [5.41, 5.74) is 0.451. The van der Waals surface area contributed by atoms with Crippen molar-refractivity contribution >= 4 is 47.4 Å². The summed E-state index contributed by atoms with van der Waals surface area (Å²) in [4.78, 5) is 44.8. The quantitative estimate of drug-likeness (QED) is 0.374. The second-order valence-electron chi connectivity index (χ2n) is 5.57. The Kier molecular flexibility index (Phi) is 7.40. The van der Waals surface area contributed by atoms with Gasteiger partial charge in [-0.15, -0.1) is 23.5 Å². The van der Waals surface area contributed by atoms with Gasteiger partial charge >= 0.3 is 23.9 Å². The second kappa shape index (κ2) is 9.55. The highest BCUT2D eigenvalue weighted by molar-refractivity contribution is 8.17. The van der Waals surface area contributed by atoms with E-state index in [9.17, 15) is 29.4 Å². The van der Waals surface area contributed by atoms with E-state index in [2.05, 4.69) is 0 Å². The normalized spacial score (nSPS) is 15.4. The van der Waals surface area contributed by atoms with Crippen LogP contribution in [0.3, 0.4) is 0 Å². The zero-order valence-corrected chi connectivity index (χ0v) is 15.8. The van der Waals surface area contributed by atoms with Crippen molar-refractivity contribution in [3.05, 3.63) is 23.8 Å². The zero-order chi connectivity index (χ0) is 20.8. The molecule has 12 heteroatoms. The van der Waals surface area contributed by atoms with Crippen molar-refractivity contribution in [2.75, 3.05) is 6.79 Å². The maximum Gasteiger partial charge on any atom is 0.317 e. The summed E-state index contributed by atoms with van der Waals surface area (Å²) in [6, 6.07) is 4.66. The summed E-state index contributed by atoms with van der Waals surface area (Å²) in [7, 11) is 0. The molecule has 0 fully saturated rings. The molecule has 2 rings (SSSR count). The van der Waals surface area contributed by atoms with Crippen LogP contribution in [0.15, 0.2) is 18.2 Å². The van der Waals surface area contributed by atoms with Gasteiger partial charge in [-0.1, -0.05) is 6.07 Å². The third kappa shape index (κ3) is 5.96. The minimum absolute atomic E-state index is 0.00271. The Hall–Kier alpha value is -2.60. The summed E-state index contributed by atoms with van der Waals surface area (Å²) >= 11 is 1.46. The SMILES string of the molecule is O=C(O)CC(SC(SC(CC(=O)O)C(=O)O)c1ccc2c(c1)OCO2)C(=O)O. The molecule has 1 aliphatic rings. The zero-order valence-electron chi connectivity index (χ0n) is 14.1. The van der Waals surface area contributed by atoms with Crippen molar-refractivity contribution in [3.63, 3.8) is 0 Å². The van der Waals surface area contributed by atoms with Crippen LogP contribution in [-0.2, 0) is 19.2 Å². The summed E-state index contributed by atoms with van der Waals surface area (Å²) in [6.45, 7) is -0.00271. The minimum Gasteiger partial charge on any atom is -0.481 e. The van der Waals surface area contributed by atoms with Gasteiger partial charge in [0.25, 0.3) is 0 Å². The molecule has 0 saturated carbocycles. The molecular formula is C16H16O10S2. The van der Waals surface area contributed by atoms with E-state index in [1.54, 1.807) is 12.1 Å². The molecule has 2 atom stereocenters. The summed E-state index contributed by atoms with van der Waals surface area (Å²) in [6.07, 6.45) is -1.36. The van der Waals surface area contributed by atoms with Crippen LogP contribution < -0.4 is 9.47 Å². The molecule has 4 N–H and O–H groups in total. The van der Waals surface area contributed by atoms with E-state index in [0.717, 1.165) is 23.5 Å². The van der Waals surface area contributed by atoms with Gasteiger partial charge in [-0.2, -0.15) is 0 Å². The average molecular weight is 432 g/mol. The van der Waals surface area contributed by atoms with Gasteiger partial charge in [-0.05, 0) is 17.7 Å². The first-order valence-electron chi connectivity index (χ1n) is 7.77. The van der Waals surface area contributed by atoms with Crippen LogP contribution in [0, 0.1) is 0 Å². The topological polar surface area (TPSA) is 168 Å². The number of benzene rings is 1. The molecule has 1 heterocycles. The predicted octanol–water partition coefficient (Wildman–Crippen LogP) is 1.74. The molecule has 1 aliphatic heterocycles. The Labute approximate surface area is 166 Å². The second-order valence-corrected chi connectivity index (χ2v) is 8.49. The molecule has 2 unspecified atom stereocenters. The Morgan fingerprint density at radius 1 is 0.857 bits per heavy atom. The molecule has 1 aromatic carbocycles. The summed E-state index contributed by atoms with van der Waals surface area (Å²) in [5, 5.41) is 33.8. The highest BCUT2D eigenvalue weighted by Crippen LogP contribution is 2.47. The molecule has 1 aromatic rings. The number of carboxylic acid groups (broad SMARTS) is 4. The number of thioether (sulfide) groups is 2. The molecule has 0 aliphatic carbocycles.